The van der Waals surface area contributed by atoms with Gasteiger partial charge in [0.1, 0.15) is 0 Å². The van der Waals surface area contributed by atoms with Gasteiger partial charge in [0.05, 0.1) is 11.4 Å². The molecule has 1 heterocycles. The second kappa shape index (κ2) is 14.1. The molecule has 4 nitrogen and oxygen atoms in total. The molecule has 182 valence electrons. The van der Waals surface area contributed by atoms with E-state index in [4.69, 9.17) is 0 Å². The first-order valence-electron chi connectivity index (χ1n) is 11.3. The number of carbonyl (C=O) groups excluding carboxylic acids is 2. The highest BCUT2D eigenvalue weighted by molar-refractivity contribution is 7.14. The van der Waals surface area contributed by atoms with Gasteiger partial charge in [0.25, 0.3) is 11.8 Å². The number of allylic oxidation sites excluding steroid dienone is 4. The van der Waals surface area contributed by atoms with Gasteiger partial charge >= 0.3 is 0 Å². The SMILES string of the molecule is C=Cc1sc(/C(C)=C/C=C(\C)F)c(C(=O)NC)c1/C=C/c1cccc(C(=O)NC(C)C)c1.CC. The second-order valence-electron chi connectivity index (χ2n) is 7.56. The van der Waals surface area contributed by atoms with Gasteiger partial charge in [-0.25, -0.2) is 4.39 Å². The largest absolute Gasteiger partial charge is 0.355 e. The first-order chi connectivity index (χ1) is 16.2. The number of hydrogen-bond acceptors (Lipinski definition) is 3. The van der Waals surface area contributed by atoms with Gasteiger partial charge in [-0.1, -0.05) is 56.9 Å². The average molecular weight is 483 g/mol. The maximum Gasteiger partial charge on any atom is 0.253 e. The summed E-state index contributed by atoms with van der Waals surface area (Å²) in [6, 6.07) is 7.32. The van der Waals surface area contributed by atoms with Crippen LogP contribution in [0.1, 0.15) is 83.1 Å². The Labute approximate surface area is 207 Å². The minimum atomic E-state index is -0.312. The van der Waals surface area contributed by atoms with Crippen molar-refractivity contribution < 1.29 is 14.0 Å². The summed E-state index contributed by atoms with van der Waals surface area (Å²) in [5, 5.41) is 5.57. The van der Waals surface area contributed by atoms with E-state index in [1.54, 1.807) is 31.3 Å². The lowest BCUT2D eigenvalue weighted by Gasteiger charge is -2.08. The Balaban J connectivity index is 0.00000281. The third-order valence-electron chi connectivity index (χ3n) is 4.55. The highest BCUT2D eigenvalue weighted by Crippen LogP contribution is 2.36. The maximum absolute atomic E-state index is 13.2. The topological polar surface area (TPSA) is 58.2 Å². The van der Waals surface area contributed by atoms with Crippen LogP contribution in [0.3, 0.4) is 0 Å². The van der Waals surface area contributed by atoms with E-state index >= 15 is 0 Å². The number of rotatable bonds is 8. The lowest BCUT2D eigenvalue weighted by Crippen LogP contribution is -2.30. The van der Waals surface area contributed by atoms with Crippen molar-refractivity contribution in [2.24, 2.45) is 0 Å². The predicted octanol–water partition coefficient (Wildman–Crippen LogP) is 7.36. The number of thiophene rings is 1. The minimum Gasteiger partial charge on any atom is -0.355 e. The van der Waals surface area contributed by atoms with Gasteiger partial charge in [-0.2, -0.15) is 0 Å². The third-order valence-corrected chi connectivity index (χ3v) is 5.88. The van der Waals surface area contributed by atoms with Crippen LogP contribution in [0.25, 0.3) is 23.8 Å². The van der Waals surface area contributed by atoms with Crippen molar-refractivity contribution in [3.8, 4) is 0 Å². The van der Waals surface area contributed by atoms with E-state index in [0.29, 0.717) is 11.1 Å². The van der Waals surface area contributed by atoms with Gasteiger partial charge in [0, 0.05) is 34.0 Å². The van der Waals surface area contributed by atoms with Crippen molar-refractivity contribution in [1.82, 2.24) is 10.6 Å². The molecule has 2 aromatic rings. The molecule has 0 bridgehead atoms. The van der Waals surface area contributed by atoms with Gasteiger partial charge in [-0.05, 0) is 57.0 Å². The number of benzene rings is 1. The fourth-order valence-electron chi connectivity index (χ4n) is 3.03. The van der Waals surface area contributed by atoms with E-state index in [-0.39, 0.29) is 23.7 Å². The van der Waals surface area contributed by atoms with E-state index in [2.05, 4.69) is 17.2 Å². The molecule has 0 radical (unpaired) electrons. The number of hydrogen-bond donors (Lipinski definition) is 2. The summed E-state index contributed by atoms with van der Waals surface area (Å²) in [6.07, 6.45) is 8.45. The van der Waals surface area contributed by atoms with Crippen molar-refractivity contribution in [3.63, 3.8) is 0 Å². The van der Waals surface area contributed by atoms with Crippen LogP contribution >= 0.6 is 11.3 Å². The molecule has 0 atom stereocenters. The van der Waals surface area contributed by atoms with Crippen LogP contribution in [0.5, 0.6) is 0 Å². The molecule has 2 amide bonds. The van der Waals surface area contributed by atoms with E-state index < -0.39 is 0 Å². The lowest BCUT2D eigenvalue weighted by atomic mass is 10.0. The van der Waals surface area contributed by atoms with Crippen LogP contribution < -0.4 is 10.6 Å². The summed E-state index contributed by atoms with van der Waals surface area (Å²) in [7, 11) is 1.58. The second-order valence-corrected chi connectivity index (χ2v) is 8.61. The molecule has 0 aliphatic rings. The van der Waals surface area contributed by atoms with Crippen molar-refractivity contribution in [3.05, 3.63) is 80.8 Å². The highest BCUT2D eigenvalue weighted by Gasteiger charge is 2.21. The van der Waals surface area contributed by atoms with E-state index in [9.17, 15) is 14.0 Å². The number of halogens is 1. The predicted molar refractivity (Wildman–Crippen MR) is 146 cm³/mol. The first-order valence-corrected chi connectivity index (χ1v) is 12.1. The Kier molecular flexibility index (Phi) is 11.9. The molecule has 0 aliphatic heterocycles. The standard InChI is InChI=1S/C26H29FN2O2S.C2H6/c1-7-22-21(14-13-19-9-8-10-20(15-19)25(30)29-16(2)3)23(26(31)28-6)24(32-22)17(4)11-12-18(5)27;1-2/h7-16H,1H2,2-6H3,(H,28,31)(H,29,30);1-2H3/b14-13+,17-11+,18-12+;. The molecule has 1 aromatic heterocycles. The quantitative estimate of drug-likeness (QED) is 0.386. The Morgan fingerprint density at radius 2 is 1.76 bits per heavy atom. The number of amides is 2. The van der Waals surface area contributed by atoms with Crippen molar-refractivity contribution in [1.29, 1.82) is 0 Å². The van der Waals surface area contributed by atoms with Crippen molar-refractivity contribution in [2.45, 2.75) is 47.6 Å². The van der Waals surface area contributed by atoms with Crippen molar-refractivity contribution in [2.75, 3.05) is 7.05 Å². The molecule has 34 heavy (non-hydrogen) atoms. The monoisotopic (exact) mass is 482 g/mol. The minimum absolute atomic E-state index is 0.0449. The molecule has 0 saturated carbocycles. The van der Waals surface area contributed by atoms with Gasteiger partial charge in [0.15, 0.2) is 0 Å². The first kappa shape index (κ1) is 28.8. The Morgan fingerprint density at radius 1 is 1.09 bits per heavy atom. The summed E-state index contributed by atoms with van der Waals surface area (Å²) >= 11 is 1.43. The molecule has 0 unspecified atom stereocenters. The molecule has 0 aliphatic carbocycles. The zero-order valence-corrected chi connectivity index (χ0v) is 21.9. The lowest BCUT2D eigenvalue weighted by molar-refractivity contribution is 0.0940. The summed E-state index contributed by atoms with van der Waals surface area (Å²) in [5.74, 6) is -0.682. The van der Waals surface area contributed by atoms with Gasteiger partial charge in [-0.15, -0.1) is 11.3 Å². The molecular formula is C28H35FN2O2S. The zero-order valence-electron chi connectivity index (χ0n) is 21.1. The summed E-state index contributed by atoms with van der Waals surface area (Å²) in [5.41, 5.74) is 3.41. The fourth-order valence-corrected chi connectivity index (χ4v) is 4.15. The molecule has 0 spiro atoms. The van der Waals surface area contributed by atoms with Crippen LogP contribution in [0.15, 0.2) is 48.8 Å². The number of nitrogens with one attached hydrogen (secondary N) is 2. The van der Waals surface area contributed by atoms with Crippen molar-refractivity contribution >= 4 is 47.0 Å². The van der Waals surface area contributed by atoms with E-state index in [1.807, 2.05) is 58.9 Å². The van der Waals surface area contributed by atoms with Crippen LogP contribution in [-0.4, -0.2) is 24.9 Å². The molecule has 1 aromatic carbocycles. The Bertz CT molecular complexity index is 1100. The summed E-state index contributed by atoms with van der Waals surface area (Å²) in [4.78, 5) is 26.6. The molecule has 6 heteroatoms. The van der Waals surface area contributed by atoms with E-state index in [0.717, 1.165) is 26.5 Å². The normalized spacial score (nSPS) is 11.8. The van der Waals surface area contributed by atoms with Crippen LogP contribution in [0.2, 0.25) is 0 Å². The van der Waals surface area contributed by atoms with Crippen LogP contribution in [0.4, 0.5) is 4.39 Å². The highest BCUT2D eigenvalue weighted by atomic mass is 32.1. The Morgan fingerprint density at radius 3 is 2.32 bits per heavy atom. The molecule has 0 saturated heterocycles. The molecule has 0 fully saturated rings. The molecular weight excluding hydrogens is 447 g/mol. The van der Waals surface area contributed by atoms with E-state index in [1.165, 1.54) is 24.3 Å². The van der Waals surface area contributed by atoms with Crippen LogP contribution in [-0.2, 0) is 0 Å². The smallest absolute Gasteiger partial charge is 0.253 e. The molecule has 2 rings (SSSR count). The third kappa shape index (κ3) is 7.96. The van der Waals surface area contributed by atoms with Gasteiger partial charge in [-0.3, -0.25) is 9.59 Å². The van der Waals surface area contributed by atoms with Gasteiger partial charge in [0.2, 0.25) is 0 Å². The summed E-state index contributed by atoms with van der Waals surface area (Å²) in [6.45, 7) is 14.9. The molecule has 2 N–H and O–H groups in total. The zero-order chi connectivity index (χ0) is 25.8. The summed E-state index contributed by atoms with van der Waals surface area (Å²) < 4.78 is 13.2. The average Bonchev–Trinajstić information content (AvgIpc) is 3.20. The van der Waals surface area contributed by atoms with Crippen LogP contribution in [0, 0.1) is 0 Å². The Hall–Kier alpha value is -3.25. The number of carbonyl (C=O) groups is 2. The maximum atomic E-state index is 13.2. The van der Waals surface area contributed by atoms with Gasteiger partial charge < -0.3 is 10.6 Å². The fraction of sp³-hybridized carbons (Fsp3) is 0.286.